The van der Waals surface area contributed by atoms with Gasteiger partial charge < -0.3 is 11.1 Å². The number of anilines is 1. The second kappa shape index (κ2) is 4.14. The van der Waals surface area contributed by atoms with Crippen LogP contribution in [0.3, 0.4) is 0 Å². The molecule has 0 atom stereocenters. The highest BCUT2D eigenvalue weighted by molar-refractivity contribution is 9.10. The maximum Gasteiger partial charge on any atom is 0.242 e. The third-order valence-corrected chi connectivity index (χ3v) is 2.74. The molecule has 15 heavy (non-hydrogen) atoms. The van der Waals surface area contributed by atoms with Gasteiger partial charge in [-0.05, 0) is 36.7 Å². The Labute approximate surface area is 96.6 Å². The molecule has 6 heteroatoms. The lowest BCUT2D eigenvalue weighted by Crippen LogP contribution is -2.45. The molecular weight excluding hydrogens is 260 g/mol. The van der Waals surface area contributed by atoms with Crippen molar-refractivity contribution in [3.05, 3.63) is 16.4 Å². The molecule has 0 aliphatic rings. The van der Waals surface area contributed by atoms with E-state index in [0.29, 0.717) is 5.95 Å². The second-order valence-electron chi connectivity index (χ2n) is 3.74. The van der Waals surface area contributed by atoms with E-state index >= 15 is 0 Å². The molecule has 3 N–H and O–H groups in total. The summed E-state index contributed by atoms with van der Waals surface area (Å²) in [6.07, 6.45) is 1.63. The van der Waals surface area contributed by atoms with E-state index in [1.54, 1.807) is 20.0 Å². The van der Waals surface area contributed by atoms with Crippen molar-refractivity contribution >= 4 is 27.8 Å². The maximum absolute atomic E-state index is 11.1. The average molecular weight is 273 g/mol. The van der Waals surface area contributed by atoms with Crippen molar-refractivity contribution in [2.24, 2.45) is 5.73 Å². The number of nitrogens with two attached hydrogens (primary N) is 1. The van der Waals surface area contributed by atoms with Gasteiger partial charge in [0.1, 0.15) is 5.54 Å². The first-order valence-corrected chi connectivity index (χ1v) is 5.19. The molecule has 0 spiro atoms. The van der Waals surface area contributed by atoms with E-state index in [4.69, 9.17) is 5.73 Å². The fourth-order valence-electron chi connectivity index (χ4n) is 0.854. The summed E-state index contributed by atoms with van der Waals surface area (Å²) in [5.74, 6) is -0.0637. The Morgan fingerprint density at radius 1 is 1.60 bits per heavy atom. The first kappa shape index (κ1) is 11.9. The average Bonchev–Trinajstić information content (AvgIpc) is 2.10. The number of hydrogen-bond donors (Lipinski definition) is 2. The number of nitrogens with one attached hydrogen (secondary N) is 1. The number of amides is 1. The first-order valence-electron chi connectivity index (χ1n) is 4.40. The summed E-state index contributed by atoms with van der Waals surface area (Å²) >= 11 is 3.29. The number of carbonyl (C=O) groups is 1. The molecule has 0 bridgehead atoms. The van der Waals surface area contributed by atoms with E-state index < -0.39 is 11.4 Å². The smallest absolute Gasteiger partial charge is 0.242 e. The van der Waals surface area contributed by atoms with Gasteiger partial charge in [0.25, 0.3) is 0 Å². The van der Waals surface area contributed by atoms with Crippen molar-refractivity contribution in [1.29, 1.82) is 0 Å². The summed E-state index contributed by atoms with van der Waals surface area (Å²) in [6, 6.07) is 0. The van der Waals surface area contributed by atoms with Crippen LogP contribution in [-0.4, -0.2) is 21.4 Å². The SMILES string of the molecule is Cc1nc(NC(C)(C)C(N)=O)ncc1Br. The van der Waals surface area contributed by atoms with Gasteiger partial charge in [0.15, 0.2) is 0 Å². The van der Waals surface area contributed by atoms with Crippen molar-refractivity contribution in [3.63, 3.8) is 0 Å². The predicted molar refractivity (Wildman–Crippen MR) is 61.4 cm³/mol. The van der Waals surface area contributed by atoms with Crippen molar-refractivity contribution < 1.29 is 4.79 Å². The monoisotopic (exact) mass is 272 g/mol. The van der Waals surface area contributed by atoms with Crippen LogP contribution in [0.5, 0.6) is 0 Å². The minimum atomic E-state index is -0.861. The molecule has 5 nitrogen and oxygen atoms in total. The van der Waals surface area contributed by atoms with E-state index in [9.17, 15) is 4.79 Å². The third-order valence-electron chi connectivity index (χ3n) is 1.96. The largest absolute Gasteiger partial charge is 0.368 e. The summed E-state index contributed by atoms with van der Waals surface area (Å²) in [7, 11) is 0. The van der Waals surface area contributed by atoms with Gasteiger partial charge in [-0.1, -0.05) is 0 Å². The Balaban J connectivity index is 2.91. The quantitative estimate of drug-likeness (QED) is 0.867. The summed E-state index contributed by atoms with van der Waals surface area (Å²) in [4.78, 5) is 19.3. The Morgan fingerprint density at radius 3 is 2.67 bits per heavy atom. The van der Waals surface area contributed by atoms with Crippen LogP contribution in [0.2, 0.25) is 0 Å². The molecule has 0 saturated heterocycles. The van der Waals surface area contributed by atoms with Crippen molar-refractivity contribution in [2.75, 3.05) is 5.32 Å². The Kier molecular flexibility index (Phi) is 3.28. The molecule has 1 aromatic rings. The number of aryl methyl sites for hydroxylation is 1. The van der Waals surface area contributed by atoms with Crippen LogP contribution < -0.4 is 11.1 Å². The topological polar surface area (TPSA) is 80.9 Å². The van der Waals surface area contributed by atoms with Gasteiger partial charge in [0.2, 0.25) is 11.9 Å². The molecule has 1 heterocycles. The number of carbonyl (C=O) groups excluding carboxylic acids is 1. The van der Waals surface area contributed by atoms with Gasteiger partial charge in [-0.15, -0.1) is 0 Å². The lowest BCUT2D eigenvalue weighted by Gasteiger charge is -2.22. The highest BCUT2D eigenvalue weighted by Gasteiger charge is 2.25. The summed E-state index contributed by atoms with van der Waals surface area (Å²) in [5, 5.41) is 2.87. The second-order valence-corrected chi connectivity index (χ2v) is 4.60. The molecule has 0 aliphatic carbocycles. The van der Waals surface area contributed by atoms with E-state index in [1.165, 1.54) is 0 Å². The van der Waals surface area contributed by atoms with E-state index in [2.05, 4.69) is 31.2 Å². The minimum Gasteiger partial charge on any atom is -0.368 e. The molecule has 1 amide bonds. The van der Waals surface area contributed by atoms with Crippen LogP contribution >= 0.6 is 15.9 Å². The molecule has 0 fully saturated rings. The Bertz CT molecular complexity index is 392. The molecule has 82 valence electrons. The summed E-state index contributed by atoms with van der Waals surface area (Å²) in [6.45, 7) is 5.19. The number of aromatic nitrogens is 2. The van der Waals surface area contributed by atoms with Crippen LogP contribution in [-0.2, 0) is 4.79 Å². The zero-order valence-corrected chi connectivity index (χ0v) is 10.4. The standard InChI is InChI=1S/C9H13BrN4O/c1-5-6(10)4-12-8(13-5)14-9(2,3)7(11)15/h4H,1-3H3,(H2,11,15)(H,12,13,14). The first-order chi connectivity index (χ1) is 6.83. The van der Waals surface area contributed by atoms with Crippen LogP contribution in [0.25, 0.3) is 0 Å². The van der Waals surface area contributed by atoms with Gasteiger partial charge in [-0.2, -0.15) is 0 Å². The van der Waals surface area contributed by atoms with Crippen LogP contribution in [0.1, 0.15) is 19.5 Å². The van der Waals surface area contributed by atoms with E-state index in [0.717, 1.165) is 10.2 Å². The lowest BCUT2D eigenvalue weighted by molar-refractivity contribution is -0.121. The van der Waals surface area contributed by atoms with Crippen molar-refractivity contribution in [2.45, 2.75) is 26.3 Å². The highest BCUT2D eigenvalue weighted by Crippen LogP contribution is 2.16. The fraction of sp³-hybridized carbons (Fsp3) is 0.444. The molecule has 0 radical (unpaired) electrons. The zero-order valence-electron chi connectivity index (χ0n) is 8.84. The maximum atomic E-state index is 11.1. The molecule has 0 aliphatic heterocycles. The molecular formula is C9H13BrN4O. The zero-order chi connectivity index (χ0) is 11.6. The molecule has 1 aromatic heterocycles. The Hall–Kier alpha value is -1.17. The molecule has 0 saturated carbocycles. The van der Waals surface area contributed by atoms with E-state index in [-0.39, 0.29) is 0 Å². The number of nitrogens with zero attached hydrogens (tertiary/aromatic N) is 2. The third kappa shape index (κ3) is 2.89. The van der Waals surface area contributed by atoms with Gasteiger partial charge in [-0.25, -0.2) is 9.97 Å². The number of hydrogen-bond acceptors (Lipinski definition) is 4. The number of rotatable bonds is 3. The van der Waals surface area contributed by atoms with Crippen molar-refractivity contribution in [3.8, 4) is 0 Å². The minimum absolute atomic E-state index is 0.388. The van der Waals surface area contributed by atoms with Gasteiger partial charge in [-0.3, -0.25) is 4.79 Å². The van der Waals surface area contributed by atoms with Crippen LogP contribution in [0, 0.1) is 6.92 Å². The van der Waals surface area contributed by atoms with E-state index in [1.807, 2.05) is 6.92 Å². The number of halogens is 1. The predicted octanol–water partition coefficient (Wildman–Crippen LogP) is 1.22. The van der Waals surface area contributed by atoms with Crippen LogP contribution in [0.4, 0.5) is 5.95 Å². The summed E-state index contributed by atoms with van der Waals surface area (Å²) in [5.41, 5.74) is 5.16. The normalized spacial score (nSPS) is 11.2. The lowest BCUT2D eigenvalue weighted by atomic mass is 10.1. The summed E-state index contributed by atoms with van der Waals surface area (Å²) < 4.78 is 0.824. The van der Waals surface area contributed by atoms with Gasteiger partial charge in [0.05, 0.1) is 10.2 Å². The van der Waals surface area contributed by atoms with Crippen molar-refractivity contribution in [1.82, 2.24) is 9.97 Å². The Morgan fingerprint density at radius 2 is 2.20 bits per heavy atom. The van der Waals surface area contributed by atoms with Gasteiger partial charge >= 0.3 is 0 Å². The molecule has 0 aromatic carbocycles. The fourth-order valence-corrected chi connectivity index (χ4v) is 1.04. The van der Waals surface area contributed by atoms with Gasteiger partial charge in [0, 0.05) is 6.20 Å². The highest BCUT2D eigenvalue weighted by atomic mass is 79.9. The number of primary amides is 1. The molecule has 0 unspecified atom stereocenters. The van der Waals surface area contributed by atoms with Crippen LogP contribution in [0.15, 0.2) is 10.7 Å². The molecule has 1 rings (SSSR count).